The molecule has 0 heterocycles. The molecule has 0 atom stereocenters. The summed E-state index contributed by atoms with van der Waals surface area (Å²) in [6.07, 6.45) is 2.49. The minimum absolute atomic E-state index is 0.250. The number of hydrogen-bond acceptors (Lipinski definition) is 2. The Kier molecular flexibility index (Phi) is 5.69. The van der Waals surface area contributed by atoms with Gasteiger partial charge in [0.1, 0.15) is 11.5 Å². The Morgan fingerprint density at radius 2 is 1.82 bits per heavy atom. The van der Waals surface area contributed by atoms with Gasteiger partial charge in [0.15, 0.2) is 0 Å². The first-order chi connectivity index (χ1) is 8.00. The third-order valence-electron chi connectivity index (χ3n) is 2.60. The molecule has 1 rings (SSSR count). The van der Waals surface area contributed by atoms with Gasteiger partial charge in [-0.2, -0.15) is 0 Å². The summed E-state index contributed by atoms with van der Waals surface area (Å²) < 4.78 is 6.81. The molecule has 0 aliphatic carbocycles. The number of ketones is 1. The Bertz CT molecular complexity index is 376. The van der Waals surface area contributed by atoms with Gasteiger partial charge in [-0.1, -0.05) is 15.9 Å². The zero-order valence-corrected chi connectivity index (χ0v) is 12.3. The van der Waals surface area contributed by atoms with E-state index in [2.05, 4.69) is 29.8 Å². The topological polar surface area (TPSA) is 26.3 Å². The van der Waals surface area contributed by atoms with Crippen LogP contribution < -0.4 is 4.74 Å². The number of hydrogen-bond donors (Lipinski definition) is 0. The van der Waals surface area contributed by atoms with Crippen molar-refractivity contribution in [2.75, 3.05) is 6.61 Å². The molecule has 0 spiro atoms. The summed E-state index contributed by atoms with van der Waals surface area (Å²) in [4.78, 5) is 10.8. The summed E-state index contributed by atoms with van der Waals surface area (Å²) in [6, 6.07) is 4.06. The average molecular weight is 299 g/mol. The number of unbranched alkanes of at least 4 members (excludes halogenated alkanes) is 1. The summed E-state index contributed by atoms with van der Waals surface area (Å²) in [5, 5.41) is 0. The van der Waals surface area contributed by atoms with Gasteiger partial charge in [-0.15, -0.1) is 0 Å². The molecule has 3 heteroatoms. The Morgan fingerprint density at radius 1 is 1.24 bits per heavy atom. The Morgan fingerprint density at radius 3 is 2.35 bits per heavy atom. The molecule has 0 radical (unpaired) electrons. The number of halogens is 1. The molecule has 0 aromatic heterocycles. The molecule has 17 heavy (non-hydrogen) atoms. The van der Waals surface area contributed by atoms with Gasteiger partial charge in [0.05, 0.1) is 6.61 Å². The molecule has 94 valence electrons. The second-order valence-electron chi connectivity index (χ2n) is 4.38. The maximum Gasteiger partial charge on any atom is 0.129 e. The smallest absolute Gasteiger partial charge is 0.129 e. The van der Waals surface area contributed by atoms with E-state index >= 15 is 0 Å². The maximum absolute atomic E-state index is 10.8. The van der Waals surface area contributed by atoms with Crippen molar-refractivity contribution in [3.8, 4) is 5.75 Å². The van der Waals surface area contributed by atoms with Gasteiger partial charge in [0.2, 0.25) is 0 Å². The summed E-state index contributed by atoms with van der Waals surface area (Å²) in [6.45, 7) is 6.41. The van der Waals surface area contributed by atoms with Crippen LogP contribution in [0.1, 0.15) is 37.3 Å². The zero-order chi connectivity index (χ0) is 12.8. The van der Waals surface area contributed by atoms with Crippen molar-refractivity contribution >= 4 is 21.7 Å². The van der Waals surface area contributed by atoms with E-state index in [-0.39, 0.29) is 5.78 Å². The Labute approximate surface area is 111 Å². The van der Waals surface area contributed by atoms with Crippen LogP contribution in [0.15, 0.2) is 16.6 Å². The molecule has 0 N–H and O–H groups in total. The lowest BCUT2D eigenvalue weighted by molar-refractivity contribution is -0.117. The average Bonchev–Trinajstić information content (AvgIpc) is 2.25. The highest BCUT2D eigenvalue weighted by molar-refractivity contribution is 9.10. The number of benzene rings is 1. The van der Waals surface area contributed by atoms with Crippen molar-refractivity contribution in [2.24, 2.45) is 0 Å². The van der Waals surface area contributed by atoms with Gasteiger partial charge in [-0.05, 0) is 56.9 Å². The Balaban J connectivity index is 2.39. The first kappa shape index (κ1) is 14.2. The van der Waals surface area contributed by atoms with Crippen molar-refractivity contribution in [3.05, 3.63) is 27.7 Å². The number of aryl methyl sites for hydroxylation is 2. The number of Topliss-reactive ketones (excluding diaryl/α,β-unsaturated/α-hetero) is 1. The highest BCUT2D eigenvalue weighted by atomic mass is 79.9. The predicted octanol–water partition coefficient (Wildman–Crippen LogP) is 4.20. The summed E-state index contributed by atoms with van der Waals surface area (Å²) in [7, 11) is 0. The minimum atomic E-state index is 0.250. The lowest BCUT2D eigenvalue weighted by atomic mass is 10.1. The SMILES string of the molecule is CC(=O)CCCCOc1cc(C)c(Br)c(C)c1. The van der Waals surface area contributed by atoms with Gasteiger partial charge in [-0.25, -0.2) is 0 Å². The molecular formula is C14H19BrO2. The summed E-state index contributed by atoms with van der Waals surface area (Å²) in [5.74, 6) is 1.16. The van der Waals surface area contributed by atoms with Crippen LogP contribution in [0, 0.1) is 13.8 Å². The van der Waals surface area contributed by atoms with Crippen molar-refractivity contribution in [1.29, 1.82) is 0 Å². The molecule has 0 bridgehead atoms. The molecule has 0 saturated heterocycles. The van der Waals surface area contributed by atoms with Crippen LogP contribution in [0.2, 0.25) is 0 Å². The van der Waals surface area contributed by atoms with E-state index in [0.29, 0.717) is 13.0 Å². The fourth-order valence-electron chi connectivity index (χ4n) is 1.66. The zero-order valence-electron chi connectivity index (χ0n) is 10.7. The van der Waals surface area contributed by atoms with E-state index in [0.717, 1.165) is 23.1 Å². The molecule has 0 fully saturated rings. The van der Waals surface area contributed by atoms with E-state index in [4.69, 9.17) is 4.74 Å². The highest BCUT2D eigenvalue weighted by Crippen LogP contribution is 2.26. The van der Waals surface area contributed by atoms with Crippen LogP contribution >= 0.6 is 15.9 Å². The van der Waals surface area contributed by atoms with Gasteiger partial charge < -0.3 is 9.53 Å². The van der Waals surface area contributed by atoms with E-state index in [1.54, 1.807) is 6.92 Å². The Hall–Kier alpha value is -0.830. The van der Waals surface area contributed by atoms with Crippen LogP contribution in [0.25, 0.3) is 0 Å². The van der Waals surface area contributed by atoms with Crippen LogP contribution in [-0.2, 0) is 4.79 Å². The molecule has 0 aliphatic heterocycles. The number of carbonyl (C=O) groups excluding carboxylic acids is 1. The first-order valence-electron chi connectivity index (χ1n) is 5.89. The van der Waals surface area contributed by atoms with Crippen LogP contribution in [0.4, 0.5) is 0 Å². The summed E-state index contributed by atoms with van der Waals surface area (Å²) >= 11 is 3.53. The third-order valence-corrected chi connectivity index (χ3v) is 3.85. The van der Waals surface area contributed by atoms with Crippen molar-refractivity contribution in [3.63, 3.8) is 0 Å². The van der Waals surface area contributed by atoms with Gasteiger partial charge >= 0.3 is 0 Å². The van der Waals surface area contributed by atoms with E-state index in [1.807, 2.05) is 12.1 Å². The largest absolute Gasteiger partial charge is 0.494 e. The van der Waals surface area contributed by atoms with Crippen molar-refractivity contribution in [2.45, 2.75) is 40.0 Å². The van der Waals surface area contributed by atoms with Gasteiger partial charge in [0.25, 0.3) is 0 Å². The third kappa shape index (κ3) is 4.90. The van der Waals surface area contributed by atoms with Crippen LogP contribution in [0.5, 0.6) is 5.75 Å². The van der Waals surface area contributed by atoms with Crippen molar-refractivity contribution in [1.82, 2.24) is 0 Å². The standard InChI is InChI=1S/C14H19BrO2/c1-10-8-13(9-11(2)14(10)15)17-7-5-4-6-12(3)16/h8-9H,4-7H2,1-3H3. The van der Waals surface area contributed by atoms with Crippen molar-refractivity contribution < 1.29 is 9.53 Å². The molecule has 1 aromatic rings. The quantitative estimate of drug-likeness (QED) is 0.736. The summed E-state index contributed by atoms with van der Waals surface area (Å²) in [5.41, 5.74) is 2.37. The molecule has 0 aliphatic rings. The van der Waals surface area contributed by atoms with Crippen LogP contribution in [0.3, 0.4) is 0 Å². The van der Waals surface area contributed by atoms with E-state index < -0.39 is 0 Å². The molecular weight excluding hydrogens is 280 g/mol. The van der Waals surface area contributed by atoms with E-state index in [1.165, 1.54) is 11.1 Å². The molecule has 1 aromatic carbocycles. The lowest BCUT2D eigenvalue weighted by Crippen LogP contribution is -2.00. The minimum Gasteiger partial charge on any atom is -0.494 e. The second kappa shape index (κ2) is 6.80. The van der Waals surface area contributed by atoms with Gasteiger partial charge in [0, 0.05) is 10.9 Å². The van der Waals surface area contributed by atoms with Gasteiger partial charge in [-0.3, -0.25) is 0 Å². The first-order valence-corrected chi connectivity index (χ1v) is 6.69. The molecule has 0 saturated carbocycles. The number of carbonyl (C=O) groups is 1. The second-order valence-corrected chi connectivity index (χ2v) is 5.17. The molecule has 0 amide bonds. The van der Waals surface area contributed by atoms with E-state index in [9.17, 15) is 4.79 Å². The fraction of sp³-hybridized carbons (Fsp3) is 0.500. The predicted molar refractivity (Wildman–Crippen MR) is 73.6 cm³/mol. The maximum atomic E-state index is 10.8. The molecule has 2 nitrogen and oxygen atoms in total. The number of rotatable bonds is 6. The highest BCUT2D eigenvalue weighted by Gasteiger charge is 2.03. The number of ether oxygens (including phenoxy) is 1. The monoisotopic (exact) mass is 298 g/mol. The molecule has 0 unspecified atom stereocenters. The normalized spacial score (nSPS) is 10.4. The lowest BCUT2D eigenvalue weighted by Gasteiger charge is -2.09. The fourth-order valence-corrected chi connectivity index (χ4v) is 1.88. The van der Waals surface area contributed by atoms with Crippen LogP contribution in [-0.4, -0.2) is 12.4 Å².